The summed E-state index contributed by atoms with van der Waals surface area (Å²) in [6.07, 6.45) is 2.92. The first-order valence-corrected chi connectivity index (χ1v) is 14.2. The van der Waals surface area contributed by atoms with E-state index in [1.807, 2.05) is 13.8 Å². The molecule has 4 rings (SSSR count). The van der Waals surface area contributed by atoms with E-state index < -0.39 is 25.5 Å². The molecule has 31 heavy (non-hydrogen) atoms. The van der Waals surface area contributed by atoms with Crippen LogP contribution in [-0.4, -0.2) is 35.1 Å². The van der Waals surface area contributed by atoms with Crippen molar-refractivity contribution in [3.63, 3.8) is 0 Å². The highest BCUT2D eigenvalue weighted by molar-refractivity contribution is 6.83. The van der Waals surface area contributed by atoms with E-state index in [1.54, 1.807) is 17.0 Å². The van der Waals surface area contributed by atoms with Gasteiger partial charge in [0.05, 0.1) is 31.5 Å². The van der Waals surface area contributed by atoms with Crippen LogP contribution in [0.4, 0.5) is 20.7 Å². The lowest BCUT2D eigenvalue weighted by molar-refractivity contribution is -0.121. The van der Waals surface area contributed by atoms with Crippen molar-refractivity contribution in [1.82, 2.24) is 15.1 Å². The lowest BCUT2D eigenvalue weighted by atomic mass is 9.83. The normalized spacial score (nSPS) is 18.8. The molecule has 0 atom stereocenters. The summed E-state index contributed by atoms with van der Waals surface area (Å²) in [5.41, 5.74) is 1.02. The summed E-state index contributed by atoms with van der Waals surface area (Å²) in [4.78, 5) is 27.8. The SMILES string of the molecule is CC1(C)c2[nH]nc(NC(=O)C3([Si](C)(C)C)CCC3)c2CN1C(=O)Nc1ccccc1F. The number of carbonyl (C=O) groups excluding carboxylic acids is 2. The number of benzene rings is 1. The molecule has 3 amide bonds. The Hall–Kier alpha value is -2.68. The van der Waals surface area contributed by atoms with Gasteiger partial charge in [-0.15, -0.1) is 0 Å². The van der Waals surface area contributed by atoms with Gasteiger partial charge < -0.3 is 15.5 Å². The minimum absolute atomic E-state index is 0.0410. The van der Waals surface area contributed by atoms with Gasteiger partial charge in [-0.1, -0.05) is 38.2 Å². The predicted octanol–water partition coefficient (Wildman–Crippen LogP) is 5.03. The molecule has 2 aromatic rings. The third kappa shape index (κ3) is 3.35. The lowest BCUT2D eigenvalue weighted by Gasteiger charge is -2.48. The number of H-pyrrole nitrogens is 1. The Kier molecular flexibility index (Phi) is 4.99. The van der Waals surface area contributed by atoms with Gasteiger partial charge in [0.1, 0.15) is 5.82 Å². The molecule has 1 saturated carbocycles. The average molecular weight is 444 g/mol. The zero-order valence-electron chi connectivity index (χ0n) is 18.7. The van der Waals surface area contributed by atoms with Crippen molar-refractivity contribution in [3.05, 3.63) is 41.3 Å². The molecule has 0 radical (unpaired) electrons. The molecule has 3 N–H and O–H groups in total. The van der Waals surface area contributed by atoms with Crippen molar-refractivity contribution in [2.75, 3.05) is 10.6 Å². The van der Waals surface area contributed by atoms with Crippen molar-refractivity contribution in [3.8, 4) is 0 Å². The van der Waals surface area contributed by atoms with E-state index in [-0.39, 0.29) is 23.2 Å². The van der Waals surface area contributed by atoms with Crippen LogP contribution < -0.4 is 10.6 Å². The second-order valence-corrected chi connectivity index (χ2v) is 15.6. The monoisotopic (exact) mass is 443 g/mol. The quantitative estimate of drug-likeness (QED) is 0.579. The van der Waals surface area contributed by atoms with Gasteiger partial charge in [0.15, 0.2) is 5.82 Å². The fourth-order valence-electron chi connectivity index (χ4n) is 4.77. The number of aromatic amines is 1. The molecule has 166 valence electrons. The van der Waals surface area contributed by atoms with Crippen molar-refractivity contribution in [2.45, 2.75) is 69.9 Å². The fraction of sp³-hybridized carbons (Fsp3) is 0.500. The molecule has 2 aliphatic rings. The van der Waals surface area contributed by atoms with Crippen molar-refractivity contribution in [1.29, 1.82) is 0 Å². The van der Waals surface area contributed by atoms with Crippen LogP contribution in [0, 0.1) is 5.82 Å². The van der Waals surface area contributed by atoms with Gasteiger partial charge in [0.25, 0.3) is 0 Å². The number of nitrogens with zero attached hydrogens (tertiary/aromatic N) is 2. The maximum atomic E-state index is 14.0. The van der Waals surface area contributed by atoms with Gasteiger partial charge in [-0.2, -0.15) is 5.10 Å². The van der Waals surface area contributed by atoms with Gasteiger partial charge in [0, 0.05) is 10.6 Å². The number of fused-ring (bicyclic) bond motifs is 1. The number of hydrogen-bond donors (Lipinski definition) is 3. The lowest BCUT2D eigenvalue weighted by Crippen LogP contribution is -2.52. The zero-order valence-corrected chi connectivity index (χ0v) is 19.7. The topological polar surface area (TPSA) is 90.1 Å². The Balaban J connectivity index is 1.55. The second-order valence-electron chi connectivity index (χ2n) is 10.1. The first kappa shape index (κ1) is 21.5. The number of anilines is 2. The summed E-state index contributed by atoms with van der Waals surface area (Å²) in [5.74, 6) is 0.0382. The molecular formula is C22H30FN5O2Si. The number of hydrogen-bond acceptors (Lipinski definition) is 3. The summed E-state index contributed by atoms with van der Waals surface area (Å²) in [6, 6.07) is 5.67. The van der Waals surface area contributed by atoms with E-state index in [2.05, 4.69) is 40.5 Å². The molecule has 2 heterocycles. The average Bonchev–Trinajstić information content (AvgIpc) is 3.13. The largest absolute Gasteiger partial charge is 0.323 e. The van der Waals surface area contributed by atoms with Crippen LogP contribution in [0.15, 0.2) is 24.3 Å². The highest BCUT2D eigenvalue weighted by atomic mass is 28.3. The molecular weight excluding hydrogens is 413 g/mol. The molecule has 0 spiro atoms. The number of para-hydroxylation sites is 1. The summed E-state index contributed by atoms with van der Waals surface area (Å²) in [6.45, 7) is 10.8. The summed E-state index contributed by atoms with van der Waals surface area (Å²) >= 11 is 0. The van der Waals surface area contributed by atoms with Crippen molar-refractivity contribution < 1.29 is 14.0 Å². The zero-order chi connectivity index (χ0) is 22.6. The standard InChI is InChI=1S/C22H30FN5O2Si/c1-21(2)17-14(13-28(21)20(30)24-16-10-7-6-9-15(16)23)18(27-26-17)25-19(29)22(11-8-12-22)31(3,4)5/h6-7,9-10H,8,11-13H2,1-5H3,(H,24,30)(H2,25,26,27,29). The highest BCUT2D eigenvalue weighted by Gasteiger charge is 2.54. The van der Waals surface area contributed by atoms with Crippen LogP contribution in [0.3, 0.4) is 0 Å². The first-order valence-electron chi connectivity index (χ1n) is 10.7. The van der Waals surface area contributed by atoms with Crippen LogP contribution in [0.5, 0.6) is 0 Å². The molecule has 7 nitrogen and oxygen atoms in total. The van der Waals surface area contributed by atoms with Gasteiger partial charge in [0.2, 0.25) is 5.91 Å². The molecule has 0 bridgehead atoms. The first-order chi connectivity index (χ1) is 14.5. The van der Waals surface area contributed by atoms with Crippen LogP contribution in [0.2, 0.25) is 24.7 Å². The van der Waals surface area contributed by atoms with Gasteiger partial charge in [-0.3, -0.25) is 9.89 Å². The molecule has 0 saturated heterocycles. The van der Waals surface area contributed by atoms with Crippen molar-refractivity contribution in [2.24, 2.45) is 0 Å². The van der Waals surface area contributed by atoms with Gasteiger partial charge in [-0.05, 0) is 38.8 Å². The number of carbonyl (C=O) groups is 2. The Labute approximate surface area is 182 Å². The smallest absolute Gasteiger partial charge is 0.309 e. The number of amides is 3. The Morgan fingerprint density at radius 1 is 1.16 bits per heavy atom. The van der Waals surface area contributed by atoms with Crippen LogP contribution >= 0.6 is 0 Å². The number of halogens is 1. The molecule has 9 heteroatoms. The molecule has 1 aliphatic carbocycles. The third-order valence-corrected chi connectivity index (χ3v) is 10.7. The van der Waals surface area contributed by atoms with Gasteiger partial charge >= 0.3 is 6.03 Å². The summed E-state index contributed by atoms with van der Waals surface area (Å²) in [7, 11) is -1.71. The molecule has 1 aromatic heterocycles. The van der Waals surface area contributed by atoms with E-state index in [0.29, 0.717) is 5.82 Å². The number of nitrogens with one attached hydrogen (secondary N) is 3. The minimum atomic E-state index is -1.71. The number of rotatable bonds is 4. The number of aromatic nitrogens is 2. The molecule has 1 aromatic carbocycles. The Bertz CT molecular complexity index is 1040. The third-order valence-electron chi connectivity index (χ3n) is 7.14. The predicted molar refractivity (Wildman–Crippen MR) is 121 cm³/mol. The van der Waals surface area contributed by atoms with Gasteiger partial charge in [-0.25, -0.2) is 9.18 Å². The van der Waals surface area contributed by atoms with Crippen molar-refractivity contribution >= 4 is 31.5 Å². The Morgan fingerprint density at radius 3 is 2.42 bits per heavy atom. The van der Waals surface area contributed by atoms with E-state index in [0.717, 1.165) is 30.5 Å². The Morgan fingerprint density at radius 2 is 1.84 bits per heavy atom. The molecule has 1 aliphatic heterocycles. The minimum Gasteiger partial charge on any atom is -0.309 e. The maximum absolute atomic E-state index is 14.0. The summed E-state index contributed by atoms with van der Waals surface area (Å²) < 4.78 is 14.0. The molecule has 0 unspecified atom stereocenters. The summed E-state index contributed by atoms with van der Waals surface area (Å²) in [5, 5.41) is 12.8. The van der Waals surface area contributed by atoms with E-state index in [1.165, 1.54) is 12.1 Å². The second kappa shape index (κ2) is 7.18. The van der Waals surface area contributed by atoms with E-state index in [4.69, 9.17) is 0 Å². The van der Waals surface area contributed by atoms with E-state index in [9.17, 15) is 14.0 Å². The van der Waals surface area contributed by atoms with Crippen LogP contribution in [-0.2, 0) is 16.9 Å². The fourth-order valence-corrected chi connectivity index (χ4v) is 7.36. The van der Waals surface area contributed by atoms with E-state index >= 15 is 0 Å². The number of urea groups is 1. The highest BCUT2D eigenvalue weighted by Crippen LogP contribution is 2.56. The van der Waals surface area contributed by atoms with Crippen LogP contribution in [0.1, 0.15) is 44.4 Å². The maximum Gasteiger partial charge on any atom is 0.323 e. The van der Waals surface area contributed by atoms with Crippen LogP contribution in [0.25, 0.3) is 0 Å². The molecule has 1 fully saturated rings.